The minimum atomic E-state index is 0.0942. The summed E-state index contributed by atoms with van der Waals surface area (Å²) in [4.78, 5) is 4.31. The van der Waals surface area contributed by atoms with Crippen molar-refractivity contribution in [2.45, 2.75) is 38.2 Å². The molecule has 0 amide bonds. The van der Waals surface area contributed by atoms with Crippen molar-refractivity contribution < 1.29 is 4.74 Å². The van der Waals surface area contributed by atoms with E-state index in [9.17, 15) is 0 Å². The van der Waals surface area contributed by atoms with Gasteiger partial charge in [-0.1, -0.05) is 48.9 Å². The molecule has 0 unspecified atom stereocenters. The van der Waals surface area contributed by atoms with E-state index in [1.54, 1.807) is 6.20 Å². The van der Waals surface area contributed by atoms with Crippen molar-refractivity contribution in [3.05, 3.63) is 108 Å². The zero-order valence-electron chi connectivity index (χ0n) is 17.7. The molecular formula is C27H25N3O. The van der Waals surface area contributed by atoms with Crippen molar-refractivity contribution >= 4 is 0 Å². The lowest BCUT2D eigenvalue weighted by molar-refractivity contribution is 0.294. The van der Waals surface area contributed by atoms with Crippen molar-refractivity contribution in [2.75, 3.05) is 0 Å². The van der Waals surface area contributed by atoms with Crippen LogP contribution in [0.3, 0.4) is 0 Å². The maximum atomic E-state index is 5.91. The van der Waals surface area contributed by atoms with E-state index >= 15 is 0 Å². The summed E-state index contributed by atoms with van der Waals surface area (Å²) in [5.74, 6) is 0.872. The second kappa shape index (κ2) is 8.31. The zero-order valence-corrected chi connectivity index (χ0v) is 17.7. The third kappa shape index (κ3) is 3.93. The quantitative estimate of drug-likeness (QED) is 0.399. The number of ether oxygens (including phenoxy) is 1. The van der Waals surface area contributed by atoms with Gasteiger partial charge >= 0.3 is 0 Å². The maximum absolute atomic E-state index is 5.91. The van der Waals surface area contributed by atoms with Crippen LogP contribution < -0.4 is 4.74 Å². The van der Waals surface area contributed by atoms with E-state index in [2.05, 4.69) is 63.7 Å². The predicted octanol–water partition coefficient (Wildman–Crippen LogP) is 5.90. The second-order valence-corrected chi connectivity index (χ2v) is 8.21. The Kier molecular flexibility index (Phi) is 5.21. The first-order chi connectivity index (χ1) is 15.2. The SMILES string of the molecule is Cc1ccc(-c2ccc(C3(c4ccc(OCc5ccccn5)cc4)CCC3)cc2)nn1. The van der Waals surface area contributed by atoms with Crippen LogP contribution >= 0.6 is 0 Å². The third-order valence-corrected chi connectivity index (χ3v) is 6.26. The Morgan fingerprint density at radius 2 is 1.55 bits per heavy atom. The standard InChI is InChI=1S/C27H25N3O/c1-20-6-15-26(30-29-20)21-7-9-22(10-8-21)27(16-4-17-27)23-11-13-25(14-12-23)31-19-24-5-2-3-18-28-24/h2-3,5-15,18H,4,16-17,19H2,1H3. The van der Waals surface area contributed by atoms with E-state index < -0.39 is 0 Å². The predicted molar refractivity (Wildman–Crippen MR) is 122 cm³/mol. The van der Waals surface area contributed by atoms with Crippen LogP contribution in [0, 0.1) is 6.92 Å². The van der Waals surface area contributed by atoms with E-state index in [0.717, 1.165) is 28.4 Å². The van der Waals surface area contributed by atoms with Gasteiger partial charge in [0, 0.05) is 17.2 Å². The summed E-state index contributed by atoms with van der Waals surface area (Å²) in [5.41, 5.74) is 6.69. The minimum absolute atomic E-state index is 0.0942. The van der Waals surface area contributed by atoms with Gasteiger partial charge in [-0.2, -0.15) is 10.2 Å². The lowest BCUT2D eigenvalue weighted by Crippen LogP contribution is -2.35. The van der Waals surface area contributed by atoms with Crippen LogP contribution in [0.25, 0.3) is 11.3 Å². The number of benzene rings is 2. The Bertz CT molecular complexity index is 1130. The van der Waals surface area contributed by atoms with Crippen LogP contribution in [-0.2, 0) is 12.0 Å². The minimum Gasteiger partial charge on any atom is -0.487 e. The first-order valence-electron chi connectivity index (χ1n) is 10.8. The topological polar surface area (TPSA) is 47.9 Å². The highest BCUT2D eigenvalue weighted by atomic mass is 16.5. The van der Waals surface area contributed by atoms with Crippen molar-refractivity contribution in [1.82, 2.24) is 15.2 Å². The van der Waals surface area contributed by atoms with E-state index in [1.807, 2.05) is 37.3 Å². The summed E-state index contributed by atoms with van der Waals surface area (Å²) in [6.45, 7) is 2.43. The molecule has 4 nitrogen and oxygen atoms in total. The average molecular weight is 408 g/mol. The summed E-state index contributed by atoms with van der Waals surface area (Å²) in [7, 11) is 0. The first kappa shape index (κ1) is 19.4. The summed E-state index contributed by atoms with van der Waals surface area (Å²) >= 11 is 0. The fraction of sp³-hybridized carbons (Fsp3) is 0.222. The molecule has 4 heteroatoms. The van der Waals surface area contributed by atoms with Gasteiger partial charge in [-0.3, -0.25) is 4.98 Å². The molecule has 154 valence electrons. The van der Waals surface area contributed by atoms with E-state index in [-0.39, 0.29) is 5.41 Å². The molecule has 0 radical (unpaired) electrons. The normalized spacial score (nSPS) is 14.6. The molecule has 2 heterocycles. The molecule has 0 aliphatic heterocycles. The van der Waals surface area contributed by atoms with Gasteiger partial charge < -0.3 is 4.74 Å². The van der Waals surface area contributed by atoms with E-state index in [1.165, 1.54) is 30.4 Å². The number of rotatable bonds is 6. The number of hydrogen-bond donors (Lipinski definition) is 0. The van der Waals surface area contributed by atoms with Crippen molar-refractivity contribution in [1.29, 1.82) is 0 Å². The molecule has 0 spiro atoms. The van der Waals surface area contributed by atoms with Gasteiger partial charge in [0.15, 0.2) is 0 Å². The molecule has 1 fully saturated rings. The summed E-state index contributed by atoms with van der Waals surface area (Å²) in [6, 6.07) is 27.3. The van der Waals surface area contributed by atoms with E-state index in [4.69, 9.17) is 4.74 Å². The highest BCUT2D eigenvalue weighted by molar-refractivity contribution is 5.60. The van der Waals surface area contributed by atoms with Crippen molar-refractivity contribution in [3.63, 3.8) is 0 Å². The fourth-order valence-electron chi connectivity index (χ4n) is 4.30. The van der Waals surface area contributed by atoms with Crippen LogP contribution in [0.1, 0.15) is 41.8 Å². The maximum Gasteiger partial charge on any atom is 0.130 e. The Balaban J connectivity index is 1.34. The van der Waals surface area contributed by atoms with E-state index in [0.29, 0.717) is 6.61 Å². The Labute approximate surface area is 183 Å². The molecule has 5 rings (SSSR count). The highest BCUT2D eigenvalue weighted by Gasteiger charge is 2.40. The van der Waals surface area contributed by atoms with Gasteiger partial charge in [0.25, 0.3) is 0 Å². The zero-order chi connectivity index (χ0) is 21.1. The van der Waals surface area contributed by atoms with Crippen LogP contribution in [-0.4, -0.2) is 15.2 Å². The van der Waals surface area contributed by atoms with Gasteiger partial charge in [0.05, 0.1) is 17.1 Å². The molecule has 0 atom stereocenters. The molecule has 0 N–H and O–H groups in total. The molecule has 4 aromatic rings. The van der Waals surface area contributed by atoms with Crippen LogP contribution in [0.4, 0.5) is 0 Å². The molecular weight excluding hydrogens is 382 g/mol. The summed E-state index contributed by atoms with van der Waals surface area (Å²) in [5, 5.41) is 8.49. The van der Waals surface area contributed by atoms with Crippen LogP contribution in [0.15, 0.2) is 85.1 Å². The second-order valence-electron chi connectivity index (χ2n) is 8.21. The third-order valence-electron chi connectivity index (χ3n) is 6.26. The number of hydrogen-bond acceptors (Lipinski definition) is 4. The fourth-order valence-corrected chi connectivity index (χ4v) is 4.30. The lowest BCUT2D eigenvalue weighted by atomic mass is 9.60. The summed E-state index contributed by atoms with van der Waals surface area (Å²) < 4.78 is 5.91. The molecule has 1 aliphatic carbocycles. The van der Waals surface area contributed by atoms with Gasteiger partial charge in [0.2, 0.25) is 0 Å². The number of pyridine rings is 1. The van der Waals surface area contributed by atoms with Gasteiger partial charge in [-0.15, -0.1) is 0 Å². The monoisotopic (exact) mass is 407 g/mol. The lowest BCUT2D eigenvalue weighted by Gasteiger charge is -2.43. The molecule has 2 aromatic carbocycles. The van der Waals surface area contributed by atoms with Gasteiger partial charge in [-0.05, 0) is 67.3 Å². The Morgan fingerprint density at radius 3 is 2.13 bits per heavy atom. The van der Waals surface area contributed by atoms with Crippen molar-refractivity contribution in [2.24, 2.45) is 0 Å². The first-order valence-corrected chi connectivity index (χ1v) is 10.8. The number of aromatic nitrogens is 3. The molecule has 31 heavy (non-hydrogen) atoms. The molecule has 0 bridgehead atoms. The van der Waals surface area contributed by atoms with Crippen LogP contribution in [0.2, 0.25) is 0 Å². The smallest absolute Gasteiger partial charge is 0.130 e. The largest absolute Gasteiger partial charge is 0.487 e. The van der Waals surface area contributed by atoms with Crippen molar-refractivity contribution in [3.8, 4) is 17.0 Å². The summed E-state index contributed by atoms with van der Waals surface area (Å²) in [6.07, 6.45) is 5.39. The van der Waals surface area contributed by atoms with Gasteiger partial charge in [-0.25, -0.2) is 0 Å². The highest BCUT2D eigenvalue weighted by Crippen LogP contribution is 2.49. The average Bonchev–Trinajstić information content (AvgIpc) is 2.80. The Morgan fingerprint density at radius 1 is 0.806 bits per heavy atom. The molecule has 1 aliphatic rings. The Hall–Kier alpha value is -3.53. The number of nitrogens with zero attached hydrogens (tertiary/aromatic N) is 3. The van der Waals surface area contributed by atoms with Gasteiger partial charge in [0.1, 0.15) is 12.4 Å². The molecule has 1 saturated carbocycles. The number of aryl methyl sites for hydroxylation is 1. The molecule has 2 aromatic heterocycles. The molecule has 0 saturated heterocycles. The van der Waals surface area contributed by atoms with Crippen LogP contribution in [0.5, 0.6) is 5.75 Å².